The third kappa shape index (κ3) is 2.16. The van der Waals surface area contributed by atoms with E-state index in [4.69, 9.17) is 21.2 Å². The Bertz CT molecular complexity index is 1030. The molecule has 2 aliphatic rings. The Morgan fingerprint density at radius 3 is 2.69 bits per heavy atom. The Morgan fingerprint density at radius 2 is 1.96 bits per heavy atom. The van der Waals surface area contributed by atoms with Crippen molar-refractivity contribution in [1.29, 1.82) is 0 Å². The van der Waals surface area contributed by atoms with Crippen LogP contribution in [0.25, 0.3) is 11.0 Å². The van der Waals surface area contributed by atoms with Gasteiger partial charge < -0.3 is 14.1 Å². The molecule has 0 saturated carbocycles. The minimum atomic E-state index is -0.0222. The molecular formula is C20H18ClN3O2. The topological polar surface area (TPSA) is 48.6 Å². The maximum atomic E-state index is 6.54. The van der Waals surface area contributed by atoms with E-state index in [0.29, 0.717) is 11.9 Å². The number of nitrogens with zero attached hydrogens (tertiary/aromatic N) is 3. The molecule has 6 heteroatoms. The summed E-state index contributed by atoms with van der Waals surface area (Å²) in [7, 11) is 0. The quantitative estimate of drug-likeness (QED) is 0.667. The van der Waals surface area contributed by atoms with Crippen molar-refractivity contribution in [3.63, 3.8) is 0 Å². The molecule has 5 rings (SSSR count). The summed E-state index contributed by atoms with van der Waals surface area (Å²) in [5.74, 6) is 0.913. The molecule has 0 spiro atoms. The van der Waals surface area contributed by atoms with Gasteiger partial charge in [-0.2, -0.15) is 0 Å². The largest absolute Gasteiger partial charge is 0.488 e. The minimum absolute atomic E-state index is 0.00321. The van der Waals surface area contributed by atoms with Gasteiger partial charge >= 0.3 is 0 Å². The summed E-state index contributed by atoms with van der Waals surface area (Å²) in [6.07, 6.45) is -0.0222. The second kappa shape index (κ2) is 5.74. The average molecular weight is 368 g/mol. The molecule has 0 aliphatic carbocycles. The van der Waals surface area contributed by atoms with Gasteiger partial charge in [-0.25, -0.2) is 4.98 Å². The maximum absolute atomic E-state index is 6.54. The Labute approximate surface area is 156 Å². The van der Waals surface area contributed by atoms with Crippen LogP contribution in [0.4, 0.5) is 0 Å². The first kappa shape index (κ1) is 15.7. The third-order valence-corrected chi connectivity index (χ3v) is 5.56. The molecule has 0 N–H and O–H groups in total. The number of aromatic nitrogens is 2. The van der Waals surface area contributed by atoms with Crippen LogP contribution >= 0.6 is 11.6 Å². The Balaban J connectivity index is 1.73. The van der Waals surface area contributed by atoms with Crippen molar-refractivity contribution in [2.75, 3.05) is 6.61 Å². The van der Waals surface area contributed by atoms with Crippen LogP contribution in [0.3, 0.4) is 0 Å². The van der Waals surface area contributed by atoms with E-state index in [1.165, 1.54) is 0 Å². The first-order valence-electron chi connectivity index (χ1n) is 8.73. The van der Waals surface area contributed by atoms with Crippen LogP contribution in [0.1, 0.15) is 36.9 Å². The van der Waals surface area contributed by atoms with Gasteiger partial charge in [0.1, 0.15) is 24.0 Å². The van der Waals surface area contributed by atoms with Crippen molar-refractivity contribution in [3.05, 3.63) is 58.9 Å². The van der Waals surface area contributed by atoms with E-state index < -0.39 is 0 Å². The highest BCUT2D eigenvalue weighted by Gasteiger charge is 2.36. The lowest BCUT2D eigenvalue weighted by Crippen LogP contribution is -2.25. The third-order valence-electron chi connectivity index (χ3n) is 5.29. The molecule has 3 heterocycles. The lowest BCUT2D eigenvalue weighted by atomic mass is 9.89. The van der Waals surface area contributed by atoms with E-state index >= 15 is 0 Å². The molecule has 2 aliphatic heterocycles. The number of imidazole rings is 1. The number of halogens is 1. The fourth-order valence-corrected chi connectivity index (χ4v) is 4.38. The van der Waals surface area contributed by atoms with Crippen LogP contribution in [-0.4, -0.2) is 28.0 Å². The van der Waals surface area contributed by atoms with Gasteiger partial charge in [-0.15, -0.1) is 0 Å². The van der Waals surface area contributed by atoms with E-state index in [9.17, 15) is 0 Å². The zero-order valence-electron chi connectivity index (χ0n) is 14.5. The molecule has 0 amide bonds. The monoisotopic (exact) mass is 367 g/mol. The predicted molar refractivity (Wildman–Crippen MR) is 101 cm³/mol. The van der Waals surface area contributed by atoms with E-state index in [0.717, 1.165) is 33.6 Å². The van der Waals surface area contributed by atoms with E-state index in [1.807, 2.05) is 38.1 Å². The molecular weight excluding hydrogens is 350 g/mol. The molecule has 26 heavy (non-hydrogen) atoms. The van der Waals surface area contributed by atoms with Crippen LogP contribution in [0.5, 0.6) is 5.75 Å². The number of rotatable bonds is 2. The molecule has 5 nitrogen and oxygen atoms in total. The zero-order chi connectivity index (χ0) is 17.8. The first-order valence-corrected chi connectivity index (χ1v) is 9.11. The van der Waals surface area contributed by atoms with Gasteiger partial charge in [-0.05, 0) is 37.1 Å². The molecule has 1 aromatic heterocycles. The Morgan fingerprint density at radius 1 is 1.15 bits per heavy atom. The SMILES string of the molecule is CC1=NOC(C)C1c1ccc2nc(Cl)n3c2c1OCC3c1ccccc1. The van der Waals surface area contributed by atoms with Crippen molar-refractivity contribution in [2.45, 2.75) is 31.9 Å². The fourth-order valence-electron chi connectivity index (χ4n) is 4.08. The first-order chi connectivity index (χ1) is 12.6. The standard InChI is InChI=1S/C20H18ClN3O2/c1-11-17(12(2)26-23-11)14-8-9-15-18-19(14)25-10-16(24(18)20(21)22-15)13-6-4-3-5-7-13/h3-9,12,16-17H,10H2,1-2H3. The highest BCUT2D eigenvalue weighted by atomic mass is 35.5. The van der Waals surface area contributed by atoms with Gasteiger partial charge in [0.2, 0.25) is 5.28 Å². The number of oxime groups is 1. The van der Waals surface area contributed by atoms with Crippen molar-refractivity contribution in [2.24, 2.45) is 5.16 Å². The molecule has 132 valence electrons. The van der Waals surface area contributed by atoms with Crippen LogP contribution in [0.15, 0.2) is 47.6 Å². The zero-order valence-corrected chi connectivity index (χ0v) is 15.3. The summed E-state index contributed by atoms with van der Waals surface area (Å²) in [4.78, 5) is 10.0. The van der Waals surface area contributed by atoms with Gasteiger partial charge in [-0.1, -0.05) is 41.6 Å². The molecule has 3 aromatic rings. The molecule has 2 aromatic carbocycles. The Hall–Kier alpha value is -2.53. The molecule has 0 radical (unpaired) electrons. The van der Waals surface area contributed by atoms with Crippen molar-refractivity contribution < 1.29 is 9.57 Å². The molecule has 3 unspecified atom stereocenters. The summed E-state index contributed by atoms with van der Waals surface area (Å²) in [6.45, 7) is 4.53. The summed E-state index contributed by atoms with van der Waals surface area (Å²) in [5, 5.41) is 4.63. The van der Waals surface area contributed by atoms with Crippen molar-refractivity contribution >= 4 is 28.3 Å². The lowest BCUT2D eigenvalue weighted by Gasteiger charge is -2.29. The van der Waals surface area contributed by atoms with Crippen molar-refractivity contribution in [3.8, 4) is 5.75 Å². The van der Waals surface area contributed by atoms with E-state index in [-0.39, 0.29) is 18.1 Å². The normalized spacial score (nSPS) is 24.3. The number of benzene rings is 2. The number of hydrogen-bond donors (Lipinski definition) is 0. The molecule has 0 bridgehead atoms. The predicted octanol–water partition coefficient (Wildman–Crippen LogP) is 4.55. The van der Waals surface area contributed by atoms with Gasteiger partial charge in [-0.3, -0.25) is 0 Å². The maximum Gasteiger partial charge on any atom is 0.204 e. The minimum Gasteiger partial charge on any atom is -0.488 e. The molecule has 3 atom stereocenters. The van der Waals surface area contributed by atoms with Crippen LogP contribution in [0, 0.1) is 0 Å². The van der Waals surface area contributed by atoms with Gasteiger partial charge in [0, 0.05) is 5.56 Å². The number of ether oxygens (including phenoxy) is 1. The highest BCUT2D eigenvalue weighted by molar-refractivity contribution is 6.29. The summed E-state index contributed by atoms with van der Waals surface area (Å²) in [5.41, 5.74) is 4.97. The second-order valence-electron chi connectivity index (χ2n) is 6.86. The summed E-state index contributed by atoms with van der Waals surface area (Å²) < 4.78 is 8.37. The summed E-state index contributed by atoms with van der Waals surface area (Å²) in [6, 6.07) is 14.3. The van der Waals surface area contributed by atoms with Gasteiger partial charge in [0.05, 0.1) is 23.2 Å². The van der Waals surface area contributed by atoms with Crippen LogP contribution < -0.4 is 4.74 Å². The highest BCUT2D eigenvalue weighted by Crippen LogP contribution is 2.44. The number of hydrogen-bond acceptors (Lipinski definition) is 4. The Kier molecular flexibility index (Phi) is 3.47. The summed E-state index contributed by atoms with van der Waals surface area (Å²) >= 11 is 6.54. The van der Waals surface area contributed by atoms with Gasteiger partial charge in [0.15, 0.2) is 0 Å². The van der Waals surface area contributed by atoms with Crippen LogP contribution in [0.2, 0.25) is 5.28 Å². The second-order valence-corrected chi connectivity index (χ2v) is 7.20. The average Bonchev–Trinajstić information content (AvgIpc) is 3.17. The lowest BCUT2D eigenvalue weighted by molar-refractivity contribution is 0.0897. The van der Waals surface area contributed by atoms with Crippen LogP contribution in [-0.2, 0) is 4.84 Å². The van der Waals surface area contributed by atoms with Gasteiger partial charge in [0.25, 0.3) is 0 Å². The van der Waals surface area contributed by atoms with E-state index in [2.05, 4.69) is 32.9 Å². The fraction of sp³-hybridized carbons (Fsp3) is 0.300. The van der Waals surface area contributed by atoms with Crippen molar-refractivity contribution in [1.82, 2.24) is 9.55 Å². The molecule has 0 saturated heterocycles. The smallest absolute Gasteiger partial charge is 0.204 e. The van der Waals surface area contributed by atoms with E-state index in [1.54, 1.807) is 0 Å². The molecule has 0 fully saturated rings.